The van der Waals surface area contributed by atoms with Crippen LogP contribution in [-0.2, 0) is 0 Å². The van der Waals surface area contributed by atoms with Crippen molar-refractivity contribution in [2.75, 3.05) is 6.54 Å². The molecule has 0 spiro atoms. The number of carbonyl (C=O) groups is 1. The summed E-state index contributed by atoms with van der Waals surface area (Å²) in [5.41, 5.74) is 0. The van der Waals surface area contributed by atoms with Gasteiger partial charge in [0.05, 0.1) is 12.7 Å². The highest BCUT2D eigenvalue weighted by Gasteiger charge is 2.10. The first-order chi connectivity index (χ1) is 6.63. The Hall–Kier alpha value is -1.49. The summed E-state index contributed by atoms with van der Waals surface area (Å²) in [6.07, 6.45) is 0.205. The number of amides is 1. The lowest BCUT2D eigenvalue weighted by molar-refractivity contribution is -0.0318. The second-order valence-corrected chi connectivity index (χ2v) is 2.77. The van der Waals surface area contributed by atoms with Gasteiger partial charge < -0.3 is 9.94 Å². The highest BCUT2D eigenvalue weighted by atomic mass is 35.5. The molecule has 0 fully saturated rings. The molecule has 1 rings (SSSR count). The molecule has 0 aromatic carbocycles. The molecule has 0 bridgehead atoms. The Kier molecular flexibility index (Phi) is 3.53. The van der Waals surface area contributed by atoms with Gasteiger partial charge >= 0.3 is 6.09 Å². The molecule has 0 radical (unpaired) electrons. The van der Waals surface area contributed by atoms with Crippen LogP contribution >= 0.6 is 11.6 Å². The van der Waals surface area contributed by atoms with Gasteiger partial charge in [0.25, 0.3) is 0 Å². The van der Waals surface area contributed by atoms with Crippen LogP contribution in [-0.4, -0.2) is 27.8 Å². The van der Waals surface area contributed by atoms with Crippen LogP contribution < -0.4 is 4.84 Å². The van der Waals surface area contributed by atoms with Crippen LogP contribution in [0.4, 0.5) is 4.79 Å². The van der Waals surface area contributed by atoms with Crippen molar-refractivity contribution in [2.24, 2.45) is 0 Å². The van der Waals surface area contributed by atoms with Crippen molar-refractivity contribution in [2.45, 2.75) is 6.92 Å². The van der Waals surface area contributed by atoms with E-state index in [4.69, 9.17) is 21.5 Å². The molecule has 0 aliphatic rings. The molecule has 14 heavy (non-hydrogen) atoms. The first-order valence-corrected chi connectivity index (χ1v) is 4.31. The Bertz CT molecular complexity index is 315. The molecular formula is C8H9ClN2O3. The lowest BCUT2D eigenvalue weighted by Gasteiger charge is -2.16. The number of nitrogens with zero attached hydrogens (tertiary/aromatic N) is 2. The summed E-state index contributed by atoms with van der Waals surface area (Å²) in [5.74, 6) is 0.332. The topological polar surface area (TPSA) is 62.7 Å². The molecule has 5 nitrogen and oxygen atoms in total. The second kappa shape index (κ2) is 4.66. The molecule has 0 aliphatic heterocycles. The van der Waals surface area contributed by atoms with Gasteiger partial charge in [-0.1, -0.05) is 11.6 Å². The SMILES string of the molecule is CCN(Oc1ccc(Cl)nc1)C(=O)O. The predicted octanol–water partition coefficient (Wildman–Crippen LogP) is 2.03. The van der Waals surface area contributed by atoms with Gasteiger partial charge in [0.1, 0.15) is 5.15 Å². The zero-order valence-electron chi connectivity index (χ0n) is 7.48. The third-order valence-electron chi connectivity index (χ3n) is 1.42. The fraction of sp³-hybridized carbons (Fsp3) is 0.250. The van der Waals surface area contributed by atoms with Crippen molar-refractivity contribution < 1.29 is 14.7 Å². The molecule has 1 aromatic heterocycles. The Morgan fingerprint density at radius 1 is 1.71 bits per heavy atom. The number of hydrogen-bond donors (Lipinski definition) is 1. The van der Waals surface area contributed by atoms with E-state index in [2.05, 4.69) is 4.98 Å². The molecule has 0 atom stereocenters. The van der Waals surface area contributed by atoms with Gasteiger partial charge in [-0.05, 0) is 19.1 Å². The summed E-state index contributed by atoms with van der Waals surface area (Å²) in [4.78, 5) is 19.3. The number of rotatable bonds is 3. The lowest BCUT2D eigenvalue weighted by Crippen LogP contribution is -2.32. The maximum atomic E-state index is 10.6. The summed E-state index contributed by atoms with van der Waals surface area (Å²) in [6, 6.07) is 3.06. The standard InChI is InChI=1S/C8H9ClN2O3/c1-2-11(8(12)13)14-6-3-4-7(9)10-5-6/h3-5H,2H2,1H3,(H,12,13). The monoisotopic (exact) mass is 216 g/mol. The van der Waals surface area contributed by atoms with Crippen molar-refractivity contribution in [1.82, 2.24) is 10.0 Å². The third-order valence-corrected chi connectivity index (χ3v) is 1.64. The average Bonchev–Trinajstić information content (AvgIpc) is 2.16. The van der Waals surface area contributed by atoms with E-state index in [0.29, 0.717) is 10.9 Å². The summed E-state index contributed by atoms with van der Waals surface area (Å²) in [5, 5.41) is 9.77. The maximum absolute atomic E-state index is 10.6. The van der Waals surface area contributed by atoms with Crippen molar-refractivity contribution in [3.8, 4) is 5.75 Å². The lowest BCUT2D eigenvalue weighted by atomic mass is 10.5. The predicted molar refractivity (Wildman–Crippen MR) is 50.3 cm³/mol. The van der Waals surface area contributed by atoms with E-state index in [-0.39, 0.29) is 6.54 Å². The Balaban J connectivity index is 2.67. The van der Waals surface area contributed by atoms with E-state index >= 15 is 0 Å². The van der Waals surface area contributed by atoms with Gasteiger partial charge in [0.2, 0.25) is 0 Å². The highest BCUT2D eigenvalue weighted by molar-refractivity contribution is 6.29. The summed E-state index contributed by atoms with van der Waals surface area (Å²) in [7, 11) is 0. The summed E-state index contributed by atoms with van der Waals surface area (Å²) in [6.45, 7) is 1.90. The van der Waals surface area contributed by atoms with Crippen LogP contribution in [0.25, 0.3) is 0 Å². The van der Waals surface area contributed by atoms with Crippen LogP contribution in [0.3, 0.4) is 0 Å². The number of pyridine rings is 1. The number of carboxylic acid groups (broad SMARTS) is 1. The fourth-order valence-corrected chi connectivity index (χ4v) is 0.894. The van der Waals surface area contributed by atoms with E-state index in [1.807, 2.05) is 0 Å². The van der Waals surface area contributed by atoms with Crippen LogP contribution in [0, 0.1) is 0 Å². The smallest absolute Gasteiger partial charge is 0.440 e. The molecule has 0 unspecified atom stereocenters. The van der Waals surface area contributed by atoms with Gasteiger partial charge in [-0.3, -0.25) is 0 Å². The molecule has 1 heterocycles. The van der Waals surface area contributed by atoms with Crippen molar-refractivity contribution >= 4 is 17.7 Å². The Labute approximate surface area is 85.8 Å². The molecule has 6 heteroatoms. The van der Waals surface area contributed by atoms with Gasteiger partial charge in [-0.25, -0.2) is 9.78 Å². The van der Waals surface area contributed by atoms with E-state index < -0.39 is 6.09 Å². The first kappa shape index (κ1) is 10.6. The number of aromatic nitrogens is 1. The maximum Gasteiger partial charge on any atom is 0.440 e. The number of hydrogen-bond acceptors (Lipinski definition) is 3. The van der Waals surface area contributed by atoms with Crippen molar-refractivity contribution in [1.29, 1.82) is 0 Å². The van der Waals surface area contributed by atoms with E-state index in [1.54, 1.807) is 13.0 Å². The molecule has 1 amide bonds. The van der Waals surface area contributed by atoms with Crippen LogP contribution in [0.5, 0.6) is 5.75 Å². The van der Waals surface area contributed by atoms with E-state index in [1.165, 1.54) is 12.3 Å². The Morgan fingerprint density at radius 3 is 2.86 bits per heavy atom. The van der Waals surface area contributed by atoms with Gasteiger partial charge in [0.15, 0.2) is 5.75 Å². The van der Waals surface area contributed by atoms with Crippen molar-refractivity contribution in [3.05, 3.63) is 23.5 Å². The number of halogens is 1. The minimum Gasteiger partial charge on any atom is -0.463 e. The Morgan fingerprint density at radius 2 is 2.43 bits per heavy atom. The summed E-state index contributed by atoms with van der Waals surface area (Å²) >= 11 is 5.55. The average molecular weight is 217 g/mol. The summed E-state index contributed by atoms with van der Waals surface area (Å²) < 4.78 is 0. The number of hydroxylamine groups is 2. The molecule has 1 N–H and O–H groups in total. The third kappa shape index (κ3) is 2.77. The minimum absolute atomic E-state index is 0.234. The van der Waals surface area contributed by atoms with Gasteiger partial charge in [0, 0.05) is 0 Å². The fourth-order valence-electron chi connectivity index (χ4n) is 0.782. The molecule has 76 valence electrons. The second-order valence-electron chi connectivity index (χ2n) is 2.39. The molecule has 0 saturated heterocycles. The van der Waals surface area contributed by atoms with E-state index in [9.17, 15) is 4.79 Å². The minimum atomic E-state index is -1.15. The molecule has 1 aromatic rings. The van der Waals surface area contributed by atoms with Crippen LogP contribution in [0.15, 0.2) is 18.3 Å². The highest BCUT2D eigenvalue weighted by Crippen LogP contribution is 2.13. The zero-order chi connectivity index (χ0) is 10.6. The van der Waals surface area contributed by atoms with Gasteiger partial charge in [-0.15, -0.1) is 5.06 Å². The first-order valence-electron chi connectivity index (χ1n) is 3.93. The molecule has 0 saturated carbocycles. The largest absolute Gasteiger partial charge is 0.463 e. The van der Waals surface area contributed by atoms with E-state index in [0.717, 1.165) is 5.06 Å². The van der Waals surface area contributed by atoms with Gasteiger partial charge in [-0.2, -0.15) is 0 Å². The van der Waals surface area contributed by atoms with Crippen LogP contribution in [0.1, 0.15) is 6.92 Å². The normalized spacial score (nSPS) is 9.57. The molecular weight excluding hydrogens is 208 g/mol. The molecule has 0 aliphatic carbocycles. The van der Waals surface area contributed by atoms with Crippen LogP contribution in [0.2, 0.25) is 5.15 Å². The quantitative estimate of drug-likeness (QED) is 0.620. The van der Waals surface area contributed by atoms with Crippen molar-refractivity contribution in [3.63, 3.8) is 0 Å². The zero-order valence-corrected chi connectivity index (χ0v) is 8.23.